The van der Waals surface area contributed by atoms with E-state index in [9.17, 15) is 9.59 Å². The average molecular weight is 321 g/mol. The lowest BCUT2D eigenvalue weighted by Crippen LogP contribution is -2.31. The fourth-order valence-electron chi connectivity index (χ4n) is 2.79. The van der Waals surface area contributed by atoms with Gasteiger partial charge in [-0.25, -0.2) is 4.98 Å². The number of aromatic nitrogens is 2. The Morgan fingerprint density at radius 1 is 1.17 bits per heavy atom. The number of fused-ring (bicyclic) bond motifs is 1. The molecular formula is C19H19N3O2. The molecule has 5 heteroatoms. The maximum absolute atomic E-state index is 12.6. The third-order valence-electron chi connectivity index (χ3n) is 4.01. The Balaban J connectivity index is 2.07. The molecule has 0 saturated heterocycles. The Bertz CT molecular complexity index is 990. The molecular weight excluding hydrogens is 302 g/mol. The smallest absolute Gasteiger partial charge is 0.282 e. The molecule has 0 aliphatic carbocycles. The molecule has 1 heterocycles. The van der Waals surface area contributed by atoms with Crippen LogP contribution in [0.15, 0.2) is 47.3 Å². The Kier molecular flexibility index (Phi) is 4.16. The summed E-state index contributed by atoms with van der Waals surface area (Å²) in [5, 5.41) is 2.80. The van der Waals surface area contributed by atoms with Gasteiger partial charge in [-0.1, -0.05) is 29.8 Å². The van der Waals surface area contributed by atoms with E-state index >= 15 is 0 Å². The molecule has 0 aliphatic heterocycles. The third kappa shape index (κ3) is 2.80. The molecule has 24 heavy (non-hydrogen) atoms. The summed E-state index contributed by atoms with van der Waals surface area (Å²) in [7, 11) is 0. The average Bonchev–Trinajstić information content (AvgIpc) is 2.57. The van der Waals surface area contributed by atoms with Gasteiger partial charge >= 0.3 is 0 Å². The number of nitrogens with one attached hydrogen (secondary N) is 1. The van der Waals surface area contributed by atoms with Crippen LogP contribution in [0.5, 0.6) is 0 Å². The zero-order valence-corrected chi connectivity index (χ0v) is 14.0. The van der Waals surface area contributed by atoms with Gasteiger partial charge < -0.3 is 9.88 Å². The molecule has 0 atom stereocenters. The minimum absolute atomic E-state index is 0.0875. The van der Waals surface area contributed by atoms with E-state index in [0.717, 1.165) is 16.6 Å². The predicted octanol–water partition coefficient (Wildman–Crippen LogP) is 3.29. The number of aryl methyl sites for hydroxylation is 3. The summed E-state index contributed by atoms with van der Waals surface area (Å²) in [6.07, 6.45) is 0. The van der Waals surface area contributed by atoms with Crippen LogP contribution < -0.4 is 10.9 Å². The number of benzene rings is 2. The zero-order valence-electron chi connectivity index (χ0n) is 14.0. The summed E-state index contributed by atoms with van der Waals surface area (Å²) in [5.41, 5.74) is 3.64. The van der Waals surface area contributed by atoms with Crippen LogP contribution in [0.25, 0.3) is 11.0 Å². The lowest BCUT2D eigenvalue weighted by Gasteiger charge is -2.11. The SMILES string of the molecule is CCn1c(=O)c(C(=O)Nc2ccc(C)cc2C)nc2ccccc21. The number of para-hydroxylation sites is 2. The van der Waals surface area contributed by atoms with E-state index in [2.05, 4.69) is 10.3 Å². The van der Waals surface area contributed by atoms with Gasteiger partial charge in [-0.2, -0.15) is 0 Å². The summed E-state index contributed by atoms with van der Waals surface area (Å²) < 4.78 is 1.57. The fourth-order valence-corrected chi connectivity index (χ4v) is 2.79. The third-order valence-corrected chi connectivity index (χ3v) is 4.01. The Morgan fingerprint density at radius 2 is 1.92 bits per heavy atom. The van der Waals surface area contributed by atoms with E-state index in [1.165, 1.54) is 0 Å². The fraction of sp³-hybridized carbons (Fsp3) is 0.211. The van der Waals surface area contributed by atoms with Gasteiger partial charge in [0.1, 0.15) is 0 Å². The van der Waals surface area contributed by atoms with Crippen LogP contribution in [-0.2, 0) is 6.54 Å². The van der Waals surface area contributed by atoms with Crippen LogP contribution >= 0.6 is 0 Å². The lowest BCUT2D eigenvalue weighted by molar-refractivity contribution is 0.102. The van der Waals surface area contributed by atoms with Crippen molar-refractivity contribution in [2.75, 3.05) is 5.32 Å². The molecule has 1 amide bonds. The number of carbonyl (C=O) groups excluding carboxylic acids is 1. The van der Waals surface area contributed by atoms with Crippen molar-refractivity contribution < 1.29 is 4.79 Å². The largest absolute Gasteiger partial charge is 0.320 e. The van der Waals surface area contributed by atoms with Crippen LogP contribution in [0.3, 0.4) is 0 Å². The van der Waals surface area contributed by atoms with Gasteiger partial charge in [0.2, 0.25) is 0 Å². The number of rotatable bonds is 3. The highest BCUT2D eigenvalue weighted by Crippen LogP contribution is 2.17. The normalized spacial score (nSPS) is 10.8. The minimum Gasteiger partial charge on any atom is -0.320 e. The molecule has 0 fully saturated rings. The molecule has 0 radical (unpaired) electrons. The standard InChI is InChI=1S/C19H19N3O2/c1-4-22-16-8-6-5-7-15(16)20-17(19(22)24)18(23)21-14-10-9-12(2)11-13(14)3/h5-11H,4H2,1-3H3,(H,21,23). The second-order valence-corrected chi connectivity index (χ2v) is 5.77. The molecule has 0 bridgehead atoms. The summed E-state index contributed by atoms with van der Waals surface area (Å²) in [4.78, 5) is 29.5. The molecule has 122 valence electrons. The van der Waals surface area contributed by atoms with E-state index in [1.54, 1.807) is 10.6 Å². The molecule has 3 rings (SSSR count). The van der Waals surface area contributed by atoms with Crippen molar-refractivity contribution in [3.8, 4) is 0 Å². The molecule has 0 saturated carbocycles. The molecule has 3 aromatic rings. The van der Waals surface area contributed by atoms with Gasteiger partial charge in [0, 0.05) is 12.2 Å². The quantitative estimate of drug-likeness (QED) is 0.805. The zero-order chi connectivity index (χ0) is 17.3. The van der Waals surface area contributed by atoms with Crippen molar-refractivity contribution in [3.05, 3.63) is 69.6 Å². The van der Waals surface area contributed by atoms with E-state index in [4.69, 9.17) is 0 Å². The van der Waals surface area contributed by atoms with Crippen molar-refractivity contribution >= 4 is 22.6 Å². The van der Waals surface area contributed by atoms with Crippen LogP contribution in [-0.4, -0.2) is 15.5 Å². The highest BCUT2D eigenvalue weighted by Gasteiger charge is 2.17. The first-order valence-electron chi connectivity index (χ1n) is 7.89. The molecule has 1 aromatic heterocycles. The van der Waals surface area contributed by atoms with Gasteiger partial charge in [-0.3, -0.25) is 9.59 Å². The summed E-state index contributed by atoms with van der Waals surface area (Å²) in [6.45, 7) is 6.26. The molecule has 0 unspecified atom stereocenters. The molecule has 5 nitrogen and oxygen atoms in total. The topological polar surface area (TPSA) is 64.0 Å². The van der Waals surface area contributed by atoms with Gasteiger partial charge in [-0.05, 0) is 44.5 Å². The first-order valence-corrected chi connectivity index (χ1v) is 7.89. The Labute approximate surface area is 140 Å². The maximum Gasteiger partial charge on any atom is 0.282 e. The second kappa shape index (κ2) is 6.28. The Hall–Kier alpha value is -2.95. The molecule has 0 spiro atoms. The number of amides is 1. The van der Waals surface area contributed by atoms with Gasteiger partial charge in [-0.15, -0.1) is 0 Å². The van der Waals surface area contributed by atoms with Gasteiger partial charge in [0.05, 0.1) is 11.0 Å². The monoisotopic (exact) mass is 321 g/mol. The number of anilines is 1. The van der Waals surface area contributed by atoms with Crippen LogP contribution in [0.4, 0.5) is 5.69 Å². The number of nitrogens with zero attached hydrogens (tertiary/aromatic N) is 2. The Morgan fingerprint density at radius 3 is 2.62 bits per heavy atom. The molecule has 2 aromatic carbocycles. The predicted molar refractivity (Wildman–Crippen MR) is 95.5 cm³/mol. The van der Waals surface area contributed by atoms with Crippen LogP contribution in [0, 0.1) is 13.8 Å². The molecule has 0 aliphatic rings. The number of hydrogen-bond donors (Lipinski definition) is 1. The first-order chi connectivity index (χ1) is 11.5. The van der Waals surface area contributed by atoms with E-state index < -0.39 is 5.91 Å². The second-order valence-electron chi connectivity index (χ2n) is 5.77. The summed E-state index contributed by atoms with van der Waals surface area (Å²) >= 11 is 0. The highest BCUT2D eigenvalue weighted by atomic mass is 16.2. The molecule has 1 N–H and O–H groups in total. The minimum atomic E-state index is -0.486. The summed E-state index contributed by atoms with van der Waals surface area (Å²) in [6, 6.07) is 13.1. The number of hydrogen-bond acceptors (Lipinski definition) is 3. The van der Waals surface area contributed by atoms with E-state index in [0.29, 0.717) is 17.7 Å². The first kappa shape index (κ1) is 15.9. The lowest BCUT2D eigenvalue weighted by atomic mass is 10.1. The van der Waals surface area contributed by atoms with Crippen molar-refractivity contribution in [1.82, 2.24) is 9.55 Å². The van der Waals surface area contributed by atoms with E-state index in [1.807, 2.05) is 57.2 Å². The highest BCUT2D eigenvalue weighted by molar-refractivity contribution is 6.03. The van der Waals surface area contributed by atoms with Gasteiger partial charge in [0.25, 0.3) is 11.5 Å². The van der Waals surface area contributed by atoms with E-state index in [-0.39, 0.29) is 11.3 Å². The summed E-state index contributed by atoms with van der Waals surface area (Å²) in [5.74, 6) is -0.486. The van der Waals surface area contributed by atoms with Crippen molar-refractivity contribution in [3.63, 3.8) is 0 Å². The van der Waals surface area contributed by atoms with Crippen LogP contribution in [0.1, 0.15) is 28.5 Å². The van der Waals surface area contributed by atoms with Crippen molar-refractivity contribution in [2.24, 2.45) is 0 Å². The van der Waals surface area contributed by atoms with Crippen molar-refractivity contribution in [1.29, 1.82) is 0 Å². The van der Waals surface area contributed by atoms with Gasteiger partial charge in [0.15, 0.2) is 5.69 Å². The van der Waals surface area contributed by atoms with Crippen molar-refractivity contribution in [2.45, 2.75) is 27.3 Å². The maximum atomic E-state index is 12.6. The van der Waals surface area contributed by atoms with Crippen LogP contribution in [0.2, 0.25) is 0 Å². The number of carbonyl (C=O) groups is 1.